The van der Waals surface area contributed by atoms with Crippen LogP contribution in [0.4, 0.5) is 0 Å². The predicted octanol–water partition coefficient (Wildman–Crippen LogP) is 0.647. The summed E-state index contributed by atoms with van der Waals surface area (Å²) in [6, 6.07) is 14.1. The van der Waals surface area contributed by atoms with E-state index in [4.69, 9.17) is 4.74 Å². The first-order chi connectivity index (χ1) is 11.6. The summed E-state index contributed by atoms with van der Waals surface area (Å²) in [6.07, 6.45) is 0. The molecule has 1 saturated heterocycles. The predicted molar refractivity (Wildman–Crippen MR) is 97.6 cm³/mol. The number of hydrogen-bond donors (Lipinski definition) is 3. The number of ether oxygens (including phenoxy) is 1. The van der Waals surface area contributed by atoms with Crippen LogP contribution in [0.5, 0.6) is 11.5 Å². The summed E-state index contributed by atoms with van der Waals surface area (Å²) in [5.41, 5.74) is 2.39. The molecule has 1 fully saturated rings. The number of benzene rings is 2. The molecule has 0 amide bonds. The van der Waals surface area contributed by atoms with Gasteiger partial charge in [-0.25, -0.2) is 0 Å². The average molecular weight is 393 g/mol. The largest absolute Gasteiger partial charge is 0.507 e. The highest BCUT2D eigenvalue weighted by atomic mass is 79.9. The molecule has 0 spiro atoms. The van der Waals surface area contributed by atoms with Crippen molar-refractivity contribution < 1.29 is 19.6 Å². The summed E-state index contributed by atoms with van der Waals surface area (Å²) in [6.45, 7) is 6.56. The van der Waals surface area contributed by atoms with Crippen LogP contribution in [-0.4, -0.2) is 38.4 Å². The van der Waals surface area contributed by atoms with E-state index < -0.39 is 0 Å². The Labute approximate surface area is 151 Å². The number of piperazine rings is 1. The fourth-order valence-electron chi connectivity index (χ4n) is 3.31. The molecular weight excluding hydrogens is 368 g/mol. The van der Waals surface area contributed by atoms with Gasteiger partial charge in [-0.15, -0.1) is 0 Å². The molecule has 0 radical (unpaired) electrons. The van der Waals surface area contributed by atoms with Crippen molar-refractivity contribution in [2.24, 2.45) is 0 Å². The highest BCUT2D eigenvalue weighted by molar-refractivity contribution is 9.10. The van der Waals surface area contributed by atoms with Crippen molar-refractivity contribution in [3.05, 3.63) is 58.1 Å². The minimum absolute atomic E-state index is 0.402. The van der Waals surface area contributed by atoms with Crippen LogP contribution < -0.4 is 14.5 Å². The lowest BCUT2D eigenvalue weighted by Crippen LogP contribution is -3.27. The molecule has 1 heterocycles. The van der Waals surface area contributed by atoms with Gasteiger partial charge in [-0.2, -0.15) is 0 Å². The Morgan fingerprint density at radius 3 is 2.21 bits per heavy atom. The van der Waals surface area contributed by atoms with Gasteiger partial charge in [-0.05, 0) is 42.5 Å². The van der Waals surface area contributed by atoms with E-state index in [-0.39, 0.29) is 0 Å². The van der Waals surface area contributed by atoms with Crippen LogP contribution in [0.15, 0.2) is 46.9 Å². The minimum atomic E-state index is 0.402. The van der Waals surface area contributed by atoms with E-state index in [1.165, 1.54) is 5.56 Å². The monoisotopic (exact) mass is 392 g/mol. The molecule has 3 N–H and O–H groups in total. The molecule has 4 nitrogen and oxygen atoms in total. The second-order valence-electron chi connectivity index (χ2n) is 6.47. The Hall–Kier alpha value is -1.56. The number of phenolic OH excluding ortho intramolecular Hbond substituents is 1. The average Bonchev–Trinajstić information content (AvgIpc) is 2.60. The number of aromatic hydroxyl groups is 1. The van der Waals surface area contributed by atoms with E-state index in [1.54, 1.807) is 23.0 Å². The zero-order valence-corrected chi connectivity index (χ0v) is 15.6. The van der Waals surface area contributed by atoms with Crippen molar-refractivity contribution in [3.63, 3.8) is 0 Å². The maximum atomic E-state index is 10.0. The Morgan fingerprint density at radius 1 is 0.958 bits per heavy atom. The van der Waals surface area contributed by atoms with Gasteiger partial charge in [0, 0.05) is 15.6 Å². The molecule has 5 heteroatoms. The molecule has 2 aromatic rings. The lowest BCUT2D eigenvalue weighted by atomic mass is 10.1. The van der Waals surface area contributed by atoms with Crippen LogP contribution >= 0.6 is 15.9 Å². The van der Waals surface area contributed by atoms with Crippen LogP contribution in [0.25, 0.3) is 0 Å². The van der Waals surface area contributed by atoms with Crippen molar-refractivity contribution in [2.75, 3.05) is 33.3 Å². The molecule has 1 aliphatic heterocycles. The molecule has 3 rings (SSSR count). The summed E-state index contributed by atoms with van der Waals surface area (Å²) in [4.78, 5) is 3.17. The van der Waals surface area contributed by atoms with Gasteiger partial charge >= 0.3 is 0 Å². The first kappa shape index (κ1) is 17.3. The van der Waals surface area contributed by atoms with Crippen LogP contribution in [-0.2, 0) is 13.1 Å². The quantitative estimate of drug-likeness (QED) is 0.698. The number of methoxy groups -OCH3 is 1. The van der Waals surface area contributed by atoms with E-state index in [0.717, 1.165) is 55.1 Å². The van der Waals surface area contributed by atoms with Gasteiger partial charge in [0.25, 0.3) is 0 Å². The van der Waals surface area contributed by atoms with Gasteiger partial charge < -0.3 is 19.6 Å². The first-order valence-corrected chi connectivity index (χ1v) is 9.21. The van der Waals surface area contributed by atoms with E-state index in [2.05, 4.69) is 28.1 Å². The van der Waals surface area contributed by atoms with Gasteiger partial charge in [0.15, 0.2) is 0 Å². The number of quaternary nitrogens is 2. The zero-order chi connectivity index (χ0) is 16.9. The van der Waals surface area contributed by atoms with E-state index in [9.17, 15) is 5.11 Å². The van der Waals surface area contributed by atoms with Crippen LogP contribution in [0.3, 0.4) is 0 Å². The highest BCUT2D eigenvalue weighted by Crippen LogP contribution is 2.20. The third kappa shape index (κ3) is 4.50. The van der Waals surface area contributed by atoms with Crippen molar-refractivity contribution in [2.45, 2.75) is 13.1 Å². The number of nitrogens with one attached hydrogen (secondary N) is 2. The third-order valence-electron chi connectivity index (χ3n) is 4.76. The normalized spacial score (nSPS) is 20.8. The van der Waals surface area contributed by atoms with Crippen molar-refractivity contribution in [1.82, 2.24) is 0 Å². The molecular formula is C19H25BrN2O2+2. The standard InChI is InChI=1S/C19H23BrN2O2/c1-24-18-5-2-15(3-6-18)13-21-8-10-22(11-9-21)14-16-12-17(20)4-7-19(16)23/h2-7,12,23H,8-11,13-14H2,1H3/p+2. The van der Waals surface area contributed by atoms with Crippen molar-refractivity contribution in [3.8, 4) is 11.5 Å². The summed E-state index contributed by atoms with van der Waals surface area (Å²) in [7, 11) is 1.70. The van der Waals surface area contributed by atoms with E-state index >= 15 is 0 Å². The van der Waals surface area contributed by atoms with Crippen molar-refractivity contribution >= 4 is 15.9 Å². The second kappa shape index (κ2) is 8.01. The Kier molecular flexibility index (Phi) is 5.76. The SMILES string of the molecule is COc1ccc(C[NH+]2CC[NH+](Cc3cc(Br)ccc3O)CC2)cc1. The van der Waals surface area contributed by atoms with Crippen LogP contribution in [0, 0.1) is 0 Å². The van der Waals surface area contributed by atoms with Gasteiger partial charge in [0.05, 0.1) is 7.11 Å². The number of phenols is 1. The molecule has 0 saturated carbocycles. The van der Waals surface area contributed by atoms with Crippen LogP contribution in [0.1, 0.15) is 11.1 Å². The summed E-state index contributed by atoms with van der Waals surface area (Å²) >= 11 is 3.48. The molecule has 2 aromatic carbocycles. The fourth-order valence-corrected chi connectivity index (χ4v) is 3.72. The molecule has 0 atom stereocenters. The molecule has 128 valence electrons. The van der Waals surface area contributed by atoms with E-state index in [0.29, 0.717) is 5.75 Å². The molecule has 24 heavy (non-hydrogen) atoms. The van der Waals surface area contributed by atoms with Crippen LogP contribution in [0.2, 0.25) is 0 Å². The Morgan fingerprint density at radius 2 is 1.58 bits per heavy atom. The zero-order valence-electron chi connectivity index (χ0n) is 14.0. The van der Waals surface area contributed by atoms with Gasteiger partial charge in [-0.1, -0.05) is 15.9 Å². The molecule has 1 aliphatic rings. The Balaban J connectivity index is 1.51. The van der Waals surface area contributed by atoms with Gasteiger partial charge in [0.2, 0.25) is 0 Å². The lowest BCUT2D eigenvalue weighted by Gasteiger charge is -2.30. The minimum Gasteiger partial charge on any atom is -0.507 e. The smallest absolute Gasteiger partial charge is 0.127 e. The first-order valence-electron chi connectivity index (χ1n) is 8.41. The lowest BCUT2D eigenvalue weighted by molar-refractivity contribution is -1.02. The number of halogens is 1. The van der Waals surface area contributed by atoms with Gasteiger partial charge in [-0.3, -0.25) is 0 Å². The summed E-state index contributed by atoms with van der Waals surface area (Å²) < 4.78 is 6.24. The van der Waals surface area contributed by atoms with Gasteiger partial charge in [0.1, 0.15) is 50.8 Å². The molecule has 0 unspecified atom stereocenters. The third-order valence-corrected chi connectivity index (χ3v) is 5.25. The van der Waals surface area contributed by atoms with Crippen molar-refractivity contribution in [1.29, 1.82) is 0 Å². The highest BCUT2D eigenvalue weighted by Gasteiger charge is 2.24. The molecule has 0 aliphatic carbocycles. The number of hydrogen-bond acceptors (Lipinski definition) is 2. The summed E-state index contributed by atoms with van der Waals surface area (Å²) in [5.74, 6) is 1.32. The Bertz CT molecular complexity index is 668. The molecule has 0 bridgehead atoms. The second-order valence-corrected chi connectivity index (χ2v) is 7.39. The fraction of sp³-hybridized carbons (Fsp3) is 0.368. The topological polar surface area (TPSA) is 38.3 Å². The maximum Gasteiger partial charge on any atom is 0.127 e. The number of rotatable bonds is 5. The maximum absolute atomic E-state index is 10.0. The van der Waals surface area contributed by atoms with E-state index in [1.807, 2.05) is 24.3 Å². The summed E-state index contributed by atoms with van der Waals surface area (Å²) in [5, 5.41) is 10.0. The molecule has 0 aromatic heterocycles.